The van der Waals surface area contributed by atoms with Crippen LogP contribution in [0.25, 0.3) is 0 Å². The van der Waals surface area contributed by atoms with E-state index in [-0.39, 0.29) is 0 Å². The van der Waals surface area contributed by atoms with E-state index in [1.54, 1.807) is 11.8 Å². The number of isothiocyanates is 1. The van der Waals surface area contributed by atoms with Crippen molar-refractivity contribution in [3.05, 3.63) is 0 Å². The molecule has 52 valence electrons. The van der Waals surface area contributed by atoms with Crippen LogP contribution in [0.4, 0.5) is 0 Å². The second-order valence-electron chi connectivity index (χ2n) is 1.76. The molecule has 0 aromatic rings. The molecule has 0 aliphatic carbocycles. The highest BCUT2D eigenvalue weighted by atomic mass is 32.2. The normalized spacial score (nSPS) is 12.2. The monoisotopic (exact) mass is 161 g/mol. The minimum Gasteiger partial charge on any atom is -0.222 e. The van der Waals surface area contributed by atoms with Crippen LogP contribution in [-0.2, 0) is 0 Å². The summed E-state index contributed by atoms with van der Waals surface area (Å²) in [5.74, 6) is 0.762. The molecule has 0 aliphatic heterocycles. The Labute approximate surface area is 65.9 Å². The summed E-state index contributed by atoms with van der Waals surface area (Å²) in [5, 5.41) is 3.03. The van der Waals surface area contributed by atoms with Gasteiger partial charge >= 0.3 is 0 Å². The molecule has 0 saturated carbocycles. The Morgan fingerprint density at radius 1 is 1.78 bits per heavy atom. The molecular weight excluding hydrogens is 150 g/mol. The highest BCUT2D eigenvalue weighted by Crippen LogP contribution is 2.12. The molecule has 1 atom stereocenters. The summed E-state index contributed by atoms with van der Waals surface area (Å²) in [4.78, 5) is 3.79. The lowest BCUT2D eigenvalue weighted by molar-refractivity contribution is 0.906. The van der Waals surface area contributed by atoms with E-state index in [4.69, 9.17) is 0 Å². The Kier molecular flexibility index (Phi) is 6.38. The average Bonchev–Trinajstić information content (AvgIpc) is 1.89. The Bertz CT molecular complexity index is 108. The Hall–Kier alpha value is 0.150. The topological polar surface area (TPSA) is 12.4 Å². The average molecular weight is 161 g/mol. The number of aliphatic imine (C=N–C) groups is 1. The maximum Gasteiger partial charge on any atom is 0.0949 e. The van der Waals surface area contributed by atoms with Gasteiger partial charge in [-0.05, 0) is 18.6 Å². The van der Waals surface area contributed by atoms with Crippen molar-refractivity contribution in [3.8, 4) is 0 Å². The first kappa shape index (κ1) is 9.15. The van der Waals surface area contributed by atoms with Gasteiger partial charge in [-0.3, -0.25) is 0 Å². The molecule has 0 aromatic carbocycles. The van der Waals surface area contributed by atoms with Crippen LogP contribution in [0.3, 0.4) is 0 Å². The van der Waals surface area contributed by atoms with Crippen molar-refractivity contribution >= 4 is 29.1 Å². The van der Waals surface area contributed by atoms with Gasteiger partial charge in [-0.15, -0.1) is 11.8 Å². The fraction of sp³-hybridized carbons (Fsp3) is 0.833. The zero-order chi connectivity index (χ0) is 7.11. The molecule has 9 heavy (non-hydrogen) atoms. The van der Waals surface area contributed by atoms with Crippen molar-refractivity contribution in [1.82, 2.24) is 0 Å². The van der Waals surface area contributed by atoms with Gasteiger partial charge in [0.1, 0.15) is 0 Å². The maximum absolute atomic E-state index is 4.41. The number of nitrogens with zero attached hydrogens (tertiary/aromatic N) is 1. The second-order valence-corrected chi connectivity index (χ2v) is 3.34. The van der Waals surface area contributed by atoms with Crippen LogP contribution >= 0.6 is 24.0 Å². The van der Waals surface area contributed by atoms with E-state index in [1.165, 1.54) is 6.42 Å². The fourth-order valence-electron chi connectivity index (χ4n) is 0.309. The number of rotatable bonds is 4. The van der Waals surface area contributed by atoms with Crippen molar-refractivity contribution in [2.75, 3.05) is 5.88 Å². The van der Waals surface area contributed by atoms with Crippen LogP contribution in [0.1, 0.15) is 20.3 Å². The third-order valence-corrected chi connectivity index (χ3v) is 2.37. The van der Waals surface area contributed by atoms with E-state index in [0.717, 1.165) is 5.88 Å². The first-order valence-corrected chi connectivity index (χ1v) is 4.42. The van der Waals surface area contributed by atoms with Gasteiger partial charge in [0.25, 0.3) is 0 Å². The number of thiocarbonyl (C=S) groups is 1. The maximum atomic E-state index is 4.41. The molecule has 1 nitrogen and oxygen atoms in total. The molecule has 0 N–H and O–H groups in total. The van der Waals surface area contributed by atoms with Gasteiger partial charge in [-0.1, -0.05) is 13.8 Å². The molecule has 0 fully saturated rings. The summed E-state index contributed by atoms with van der Waals surface area (Å²) < 4.78 is 0. The Morgan fingerprint density at radius 3 is 2.89 bits per heavy atom. The van der Waals surface area contributed by atoms with Crippen molar-refractivity contribution in [3.63, 3.8) is 0 Å². The molecule has 0 rings (SSSR count). The van der Waals surface area contributed by atoms with Gasteiger partial charge < -0.3 is 0 Å². The zero-order valence-electron chi connectivity index (χ0n) is 5.76. The molecule has 0 bridgehead atoms. The van der Waals surface area contributed by atoms with Gasteiger partial charge in [0.05, 0.1) is 11.0 Å². The number of hydrogen-bond donors (Lipinski definition) is 0. The van der Waals surface area contributed by atoms with E-state index in [0.29, 0.717) is 5.25 Å². The van der Waals surface area contributed by atoms with E-state index < -0.39 is 0 Å². The third-order valence-electron chi connectivity index (χ3n) is 1.06. The SMILES string of the molecule is CCC(C)SCN=C=S. The van der Waals surface area contributed by atoms with E-state index in [2.05, 4.69) is 36.2 Å². The van der Waals surface area contributed by atoms with Gasteiger partial charge in [0.2, 0.25) is 0 Å². The molecule has 0 amide bonds. The van der Waals surface area contributed by atoms with Gasteiger partial charge in [0, 0.05) is 5.25 Å². The quantitative estimate of drug-likeness (QED) is 0.464. The van der Waals surface area contributed by atoms with Crippen LogP contribution < -0.4 is 0 Å². The van der Waals surface area contributed by atoms with Crippen LogP contribution in [0.15, 0.2) is 4.99 Å². The summed E-state index contributed by atoms with van der Waals surface area (Å²) in [6.45, 7) is 4.35. The van der Waals surface area contributed by atoms with E-state index in [1.807, 2.05) is 0 Å². The van der Waals surface area contributed by atoms with Crippen molar-refractivity contribution in [1.29, 1.82) is 0 Å². The lowest BCUT2D eigenvalue weighted by Crippen LogP contribution is -1.92. The summed E-state index contributed by atoms with van der Waals surface area (Å²) in [6.07, 6.45) is 1.19. The summed E-state index contributed by atoms with van der Waals surface area (Å²) >= 11 is 6.22. The molecule has 3 heteroatoms. The molecule has 0 spiro atoms. The molecule has 1 unspecified atom stereocenters. The zero-order valence-corrected chi connectivity index (χ0v) is 7.39. The standard InChI is InChI=1S/C6H11NS2/c1-3-6(2)9-5-7-4-8/h6H,3,5H2,1-2H3. The lowest BCUT2D eigenvalue weighted by Gasteiger charge is -2.02. The summed E-state index contributed by atoms with van der Waals surface area (Å²) in [7, 11) is 0. The van der Waals surface area contributed by atoms with Crippen molar-refractivity contribution in [2.24, 2.45) is 4.99 Å². The molecular formula is C6H11NS2. The van der Waals surface area contributed by atoms with Gasteiger partial charge in [-0.2, -0.15) is 0 Å². The minimum absolute atomic E-state index is 0.692. The predicted octanol–water partition coefficient (Wildman–Crippen LogP) is 2.58. The first-order chi connectivity index (χ1) is 4.31. The lowest BCUT2D eigenvalue weighted by atomic mass is 10.4. The summed E-state index contributed by atoms with van der Waals surface area (Å²) in [5.41, 5.74) is 0. The van der Waals surface area contributed by atoms with Crippen LogP contribution in [-0.4, -0.2) is 16.3 Å². The van der Waals surface area contributed by atoms with E-state index >= 15 is 0 Å². The Morgan fingerprint density at radius 2 is 2.44 bits per heavy atom. The molecule has 0 aliphatic rings. The Balaban J connectivity index is 3.16. The molecule has 0 heterocycles. The van der Waals surface area contributed by atoms with Crippen LogP contribution in [0.5, 0.6) is 0 Å². The van der Waals surface area contributed by atoms with Gasteiger partial charge in [0.15, 0.2) is 0 Å². The highest BCUT2D eigenvalue weighted by Gasteiger charge is 1.94. The molecule has 0 saturated heterocycles. The first-order valence-electron chi connectivity index (χ1n) is 2.96. The van der Waals surface area contributed by atoms with Crippen LogP contribution in [0.2, 0.25) is 0 Å². The van der Waals surface area contributed by atoms with Crippen LogP contribution in [0, 0.1) is 0 Å². The van der Waals surface area contributed by atoms with E-state index in [9.17, 15) is 0 Å². The summed E-state index contributed by atoms with van der Waals surface area (Å²) in [6, 6.07) is 0. The predicted molar refractivity (Wildman–Crippen MR) is 47.2 cm³/mol. The number of hydrogen-bond acceptors (Lipinski definition) is 3. The minimum atomic E-state index is 0.692. The molecule has 0 aromatic heterocycles. The van der Waals surface area contributed by atoms with Crippen molar-refractivity contribution in [2.45, 2.75) is 25.5 Å². The number of thioether (sulfide) groups is 1. The van der Waals surface area contributed by atoms with Crippen molar-refractivity contribution < 1.29 is 0 Å². The fourth-order valence-corrected chi connectivity index (χ4v) is 1.08. The highest BCUT2D eigenvalue weighted by molar-refractivity contribution is 7.99. The van der Waals surface area contributed by atoms with Gasteiger partial charge in [-0.25, -0.2) is 4.99 Å². The largest absolute Gasteiger partial charge is 0.222 e. The second kappa shape index (κ2) is 6.27. The molecule has 0 radical (unpaired) electrons. The third kappa shape index (κ3) is 6.03. The smallest absolute Gasteiger partial charge is 0.0949 e.